The Labute approximate surface area is 104 Å². The SMILES string of the molecule is CCCC(O)CN(Cc1ccc(C)o1)C(C)C. The monoisotopic (exact) mass is 239 g/mol. The van der Waals surface area contributed by atoms with E-state index >= 15 is 0 Å². The number of hydrogen-bond acceptors (Lipinski definition) is 3. The molecule has 3 heteroatoms. The van der Waals surface area contributed by atoms with Crippen molar-refractivity contribution in [2.45, 2.75) is 59.2 Å². The van der Waals surface area contributed by atoms with Crippen molar-refractivity contribution in [3.05, 3.63) is 23.7 Å². The maximum Gasteiger partial charge on any atom is 0.118 e. The van der Waals surface area contributed by atoms with Crippen LogP contribution in [0, 0.1) is 6.92 Å². The van der Waals surface area contributed by atoms with Crippen molar-refractivity contribution in [3.8, 4) is 0 Å². The minimum atomic E-state index is -0.238. The van der Waals surface area contributed by atoms with E-state index in [9.17, 15) is 5.11 Å². The Bertz CT molecular complexity index is 320. The van der Waals surface area contributed by atoms with Crippen LogP contribution in [0.1, 0.15) is 45.1 Å². The van der Waals surface area contributed by atoms with Crippen LogP contribution in [0.5, 0.6) is 0 Å². The van der Waals surface area contributed by atoms with Gasteiger partial charge in [-0.15, -0.1) is 0 Å². The fourth-order valence-corrected chi connectivity index (χ4v) is 1.92. The van der Waals surface area contributed by atoms with Crippen LogP contribution in [0.2, 0.25) is 0 Å². The molecule has 1 aromatic rings. The van der Waals surface area contributed by atoms with Crippen LogP contribution >= 0.6 is 0 Å². The Morgan fingerprint density at radius 2 is 2.06 bits per heavy atom. The maximum absolute atomic E-state index is 9.88. The molecule has 1 rings (SSSR count). The average Bonchev–Trinajstić information content (AvgIpc) is 2.63. The summed E-state index contributed by atoms with van der Waals surface area (Å²) in [6.07, 6.45) is 1.64. The highest BCUT2D eigenvalue weighted by Gasteiger charge is 2.16. The largest absolute Gasteiger partial charge is 0.465 e. The van der Waals surface area contributed by atoms with Crippen molar-refractivity contribution >= 4 is 0 Å². The molecule has 0 aromatic carbocycles. The van der Waals surface area contributed by atoms with E-state index in [0.717, 1.165) is 30.9 Å². The first kappa shape index (κ1) is 14.3. The summed E-state index contributed by atoms with van der Waals surface area (Å²) in [5, 5.41) is 9.88. The van der Waals surface area contributed by atoms with E-state index in [1.54, 1.807) is 0 Å². The molecule has 1 atom stereocenters. The highest BCUT2D eigenvalue weighted by atomic mass is 16.3. The molecule has 17 heavy (non-hydrogen) atoms. The summed E-state index contributed by atoms with van der Waals surface area (Å²) in [5.74, 6) is 1.91. The highest BCUT2D eigenvalue weighted by Crippen LogP contribution is 2.13. The van der Waals surface area contributed by atoms with E-state index in [0.29, 0.717) is 12.6 Å². The third kappa shape index (κ3) is 4.92. The predicted octanol–water partition coefficient (Wildman–Crippen LogP) is 2.96. The van der Waals surface area contributed by atoms with E-state index in [-0.39, 0.29) is 6.10 Å². The Kier molecular flexibility index (Phi) is 5.72. The molecule has 1 N–H and O–H groups in total. The van der Waals surface area contributed by atoms with E-state index in [1.807, 2.05) is 19.1 Å². The lowest BCUT2D eigenvalue weighted by Gasteiger charge is -2.27. The third-order valence-electron chi connectivity index (χ3n) is 2.95. The summed E-state index contributed by atoms with van der Waals surface area (Å²) < 4.78 is 5.58. The van der Waals surface area contributed by atoms with Gasteiger partial charge in [-0.3, -0.25) is 4.90 Å². The van der Waals surface area contributed by atoms with Crippen molar-refractivity contribution in [3.63, 3.8) is 0 Å². The minimum Gasteiger partial charge on any atom is -0.465 e. The molecule has 0 radical (unpaired) electrons. The zero-order valence-electron chi connectivity index (χ0n) is 11.4. The van der Waals surface area contributed by atoms with Crippen LogP contribution in [0.25, 0.3) is 0 Å². The van der Waals surface area contributed by atoms with E-state index in [4.69, 9.17) is 4.42 Å². The number of aliphatic hydroxyl groups is 1. The fraction of sp³-hybridized carbons (Fsp3) is 0.714. The number of aliphatic hydroxyl groups excluding tert-OH is 1. The smallest absolute Gasteiger partial charge is 0.118 e. The lowest BCUT2D eigenvalue weighted by molar-refractivity contribution is 0.0800. The van der Waals surface area contributed by atoms with Gasteiger partial charge in [-0.2, -0.15) is 0 Å². The molecule has 98 valence electrons. The summed E-state index contributed by atoms with van der Waals surface area (Å²) in [6.45, 7) is 9.83. The summed E-state index contributed by atoms with van der Waals surface area (Å²) in [7, 11) is 0. The molecule has 3 nitrogen and oxygen atoms in total. The molecule has 1 unspecified atom stereocenters. The number of hydrogen-bond donors (Lipinski definition) is 1. The van der Waals surface area contributed by atoms with Crippen molar-refractivity contribution in [2.75, 3.05) is 6.54 Å². The topological polar surface area (TPSA) is 36.6 Å². The second-order valence-electron chi connectivity index (χ2n) is 4.98. The van der Waals surface area contributed by atoms with Gasteiger partial charge < -0.3 is 9.52 Å². The number of rotatable bonds is 7. The van der Waals surface area contributed by atoms with Crippen LogP contribution < -0.4 is 0 Å². The van der Waals surface area contributed by atoms with Crippen LogP contribution in [0.3, 0.4) is 0 Å². The molecule has 0 bridgehead atoms. The molecular weight excluding hydrogens is 214 g/mol. The van der Waals surface area contributed by atoms with Gasteiger partial charge in [-0.1, -0.05) is 13.3 Å². The van der Waals surface area contributed by atoms with Gasteiger partial charge in [0.15, 0.2) is 0 Å². The quantitative estimate of drug-likeness (QED) is 0.794. The van der Waals surface area contributed by atoms with Crippen molar-refractivity contribution in [1.82, 2.24) is 4.90 Å². The Balaban J connectivity index is 2.54. The molecule has 0 saturated carbocycles. The van der Waals surface area contributed by atoms with Crippen LogP contribution in [-0.2, 0) is 6.54 Å². The van der Waals surface area contributed by atoms with Gasteiger partial charge in [0.05, 0.1) is 12.6 Å². The summed E-state index contributed by atoms with van der Waals surface area (Å²) in [5.41, 5.74) is 0. The highest BCUT2D eigenvalue weighted by molar-refractivity contribution is 5.05. The zero-order chi connectivity index (χ0) is 12.8. The summed E-state index contributed by atoms with van der Waals surface area (Å²) >= 11 is 0. The van der Waals surface area contributed by atoms with Gasteiger partial charge in [0, 0.05) is 12.6 Å². The summed E-state index contributed by atoms with van der Waals surface area (Å²) in [4.78, 5) is 2.25. The molecule has 0 aliphatic heterocycles. The number of nitrogens with zero attached hydrogens (tertiary/aromatic N) is 1. The molecule has 0 saturated heterocycles. The molecule has 0 spiro atoms. The van der Waals surface area contributed by atoms with Gasteiger partial charge >= 0.3 is 0 Å². The second-order valence-corrected chi connectivity index (χ2v) is 4.98. The van der Waals surface area contributed by atoms with E-state index in [1.165, 1.54) is 0 Å². The van der Waals surface area contributed by atoms with E-state index < -0.39 is 0 Å². The lowest BCUT2D eigenvalue weighted by Crippen LogP contribution is -2.36. The average molecular weight is 239 g/mol. The Morgan fingerprint density at radius 1 is 1.35 bits per heavy atom. The van der Waals surface area contributed by atoms with Gasteiger partial charge in [0.2, 0.25) is 0 Å². The first-order valence-electron chi connectivity index (χ1n) is 6.50. The molecular formula is C14H25NO2. The van der Waals surface area contributed by atoms with Crippen LogP contribution in [0.15, 0.2) is 16.5 Å². The van der Waals surface area contributed by atoms with Crippen molar-refractivity contribution in [1.29, 1.82) is 0 Å². The van der Waals surface area contributed by atoms with Gasteiger partial charge in [-0.25, -0.2) is 0 Å². The number of aryl methyl sites for hydroxylation is 1. The molecule has 1 aromatic heterocycles. The fourth-order valence-electron chi connectivity index (χ4n) is 1.92. The molecule has 0 aliphatic rings. The first-order chi connectivity index (χ1) is 8.02. The standard InChI is InChI=1S/C14H25NO2/c1-5-6-13(16)9-15(11(2)3)10-14-8-7-12(4)17-14/h7-8,11,13,16H,5-6,9-10H2,1-4H3. The van der Waals surface area contributed by atoms with Crippen LogP contribution in [0.4, 0.5) is 0 Å². The zero-order valence-corrected chi connectivity index (χ0v) is 11.4. The van der Waals surface area contributed by atoms with E-state index in [2.05, 4.69) is 25.7 Å². The van der Waals surface area contributed by atoms with Crippen molar-refractivity contribution < 1.29 is 9.52 Å². The maximum atomic E-state index is 9.88. The van der Waals surface area contributed by atoms with Gasteiger partial charge in [-0.05, 0) is 39.3 Å². The third-order valence-corrected chi connectivity index (χ3v) is 2.95. The number of furan rings is 1. The predicted molar refractivity (Wildman–Crippen MR) is 69.9 cm³/mol. The van der Waals surface area contributed by atoms with Crippen molar-refractivity contribution in [2.24, 2.45) is 0 Å². The molecule has 0 aliphatic carbocycles. The minimum absolute atomic E-state index is 0.238. The lowest BCUT2D eigenvalue weighted by atomic mass is 10.1. The Hall–Kier alpha value is -0.800. The summed E-state index contributed by atoms with van der Waals surface area (Å²) in [6, 6.07) is 4.40. The second kappa shape index (κ2) is 6.82. The molecule has 1 heterocycles. The normalized spacial score (nSPS) is 13.6. The van der Waals surface area contributed by atoms with Gasteiger partial charge in [0.25, 0.3) is 0 Å². The Morgan fingerprint density at radius 3 is 2.53 bits per heavy atom. The first-order valence-corrected chi connectivity index (χ1v) is 6.50. The molecule has 0 fully saturated rings. The van der Waals surface area contributed by atoms with Crippen LogP contribution in [-0.4, -0.2) is 28.7 Å². The molecule has 0 amide bonds. The van der Waals surface area contributed by atoms with Gasteiger partial charge in [0.1, 0.15) is 11.5 Å².